The molecular weight excluding hydrogens is 354 g/mol. The molecule has 6 heteroatoms. The van der Waals surface area contributed by atoms with E-state index in [-0.39, 0.29) is 36.5 Å². The topological polar surface area (TPSA) is 61.9 Å². The van der Waals surface area contributed by atoms with Crippen LogP contribution in [0.2, 0.25) is 0 Å². The van der Waals surface area contributed by atoms with E-state index in [4.69, 9.17) is 4.84 Å². The lowest BCUT2D eigenvalue weighted by molar-refractivity contribution is -0.131. The Kier molecular flexibility index (Phi) is 6.44. The molecule has 148 valence electrons. The maximum Gasteiger partial charge on any atom is 0.327 e. The van der Waals surface area contributed by atoms with E-state index in [9.17, 15) is 9.59 Å². The number of rotatable bonds is 7. The predicted octanol–water partition coefficient (Wildman–Crippen LogP) is 3.51. The number of likely N-dealkylation sites (N-methyl/N-ethyl adjacent to an activating group) is 1. The van der Waals surface area contributed by atoms with E-state index >= 15 is 0 Å². The van der Waals surface area contributed by atoms with Gasteiger partial charge in [0.15, 0.2) is 0 Å². The predicted molar refractivity (Wildman–Crippen MR) is 107 cm³/mol. The minimum atomic E-state index is -0.288. The van der Waals surface area contributed by atoms with Crippen LogP contribution in [-0.4, -0.2) is 40.9 Å². The number of nitrogens with one attached hydrogen (secondary N) is 1. The fourth-order valence-electron chi connectivity index (χ4n) is 3.47. The number of urea groups is 1. The summed E-state index contributed by atoms with van der Waals surface area (Å²) in [4.78, 5) is 34.2. The molecule has 1 N–H and O–H groups in total. The van der Waals surface area contributed by atoms with Gasteiger partial charge in [-0.15, -0.1) is 0 Å². The van der Waals surface area contributed by atoms with Gasteiger partial charge in [0.25, 0.3) is 0 Å². The minimum absolute atomic E-state index is 0.0866. The van der Waals surface area contributed by atoms with Crippen LogP contribution in [-0.2, 0) is 16.2 Å². The summed E-state index contributed by atoms with van der Waals surface area (Å²) >= 11 is 0. The van der Waals surface area contributed by atoms with Crippen molar-refractivity contribution in [2.75, 3.05) is 7.05 Å². The summed E-state index contributed by atoms with van der Waals surface area (Å²) in [5.74, 6) is -0.210. The summed E-state index contributed by atoms with van der Waals surface area (Å²) in [5.41, 5.74) is 4.91. The Balaban J connectivity index is 1.62. The molecule has 0 aromatic heterocycles. The molecule has 1 aliphatic rings. The molecule has 3 amide bonds. The molecule has 0 spiro atoms. The molecule has 6 nitrogen and oxygen atoms in total. The van der Waals surface area contributed by atoms with E-state index < -0.39 is 0 Å². The average Bonchev–Trinajstić information content (AvgIpc) is 2.93. The molecule has 0 radical (unpaired) electrons. The van der Waals surface area contributed by atoms with Crippen LogP contribution in [0.3, 0.4) is 0 Å². The molecule has 0 saturated carbocycles. The Labute approximate surface area is 166 Å². The van der Waals surface area contributed by atoms with Crippen LogP contribution in [0.4, 0.5) is 4.79 Å². The van der Waals surface area contributed by atoms with Gasteiger partial charge in [-0.05, 0) is 25.0 Å². The molecule has 0 bridgehead atoms. The summed E-state index contributed by atoms with van der Waals surface area (Å²) in [6.45, 7) is 4.25. The van der Waals surface area contributed by atoms with Gasteiger partial charge in [0, 0.05) is 19.5 Å². The van der Waals surface area contributed by atoms with Crippen molar-refractivity contribution in [2.24, 2.45) is 0 Å². The normalized spacial score (nSPS) is 20.5. The number of amides is 3. The molecule has 1 fully saturated rings. The van der Waals surface area contributed by atoms with Crippen molar-refractivity contribution in [2.45, 2.75) is 45.0 Å². The Hall–Kier alpha value is -2.70. The number of carbonyl (C=O) groups is 2. The minimum Gasteiger partial charge on any atom is -0.322 e. The lowest BCUT2D eigenvalue weighted by Gasteiger charge is -2.25. The van der Waals surface area contributed by atoms with Crippen LogP contribution in [0.25, 0.3) is 0 Å². The number of nitrogens with zero attached hydrogens (tertiary/aromatic N) is 2. The molecule has 28 heavy (non-hydrogen) atoms. The molecule has 1 aliphatic heterocycles. The van der Waals surface area contributed by atoms with Gasteiger partial charge in [0.05, 0.1) is 18.7 Å². The number of imide groups is 1. The van der Waals surface area contributed by atoms with Gasteiger partial charge in [-0.1, -0.05) is 60.7 Å². The van der Waals surface area contributed by atoms with E-state index in [0.29, 0.717) is 6.61 Å². The van der Waals surface area contributed by atoms with Gasteiger partial charge in [-0.25, -0.2) is 4.79 Å². The van der Waals surface area contributed by atoms with Crippen LogP contribution in [0.15, 0.2) is 60.7 Å². The molecule has 1 saturated heterocycles. The van der Waals surface area contributed by atoms with Gasteiger partial charge in [-0.3, -0.25) is 14.5 Å². The van der Waals surface area contributed by atoms with E-state index in [2.05, 4.69) is 5.48 Å². The third kappa shape index (κ3) is 4.40. The van der Waals surface area contributed by atoms with Crippen LogP contribution >= 0.6 is 0 Å². The van der Waals surface area contributed by atoms with Crippen LogP contribution in [0.5, 0.6) is 0 Å². The maximum atomic E-state index is 13.0. The first-order chi connectivity index (χ1) is 13.5. The Morgan fingerprint density at radius 3 is 2.36 bits per heavy atom. The van der Waals surface area contributed by atoms with Gasteiger partial charge >= 0.3 is 6.03 Å². The van der Waals surface area contributed by atoms with Crippen molar-refractivity contribution >= 4 is 11.9 Å². The molecule has 2 aromatic carbocycles. The highest BCUT2D eigenvalue weighted by Crippen LogP contribution is 2.34. The van der Waals surface area contributed by atoms with Crippen LogP contribution in [0.1, 0.15) is 37.4 Å². The van der Waals surface area contributed by atoms with Gasteiger partial charge in [-0.2, -0.15) is 5.48 Å². The molecular formula is C22H27N3O3. The lowest BCUT2D eigenvalue weighted by atomic mass is 10.00. The molecule has 3 rings (SSSR count). The molecule has 1 heterocycles. The second kappa shape index (κ2) is 8.99. The largest absolute Gasteiger partial charge is 0.327 e. The zero-order valence-corrected chi connectivity index (χ0v) is 16.5. The summed E-state index contributed by atoms with van der Waals surface area (Å²) in [7, 11) is 1.74. The Morgan fingerprint density at radius 2 is 1.71 bits per heavy atom. The zero-order valence-electron chi connectivity index (χ0n) is 16.5. The van der Waals surface area contributed by atoms with E-state index in [0.717, 1.165) is 11.1 Å². The van der Waals surface area contributed by atoms with Crippen LogP contribution < -0.4 is 5.48 Å². The average molecular weight is 381 g/mol. The van der Waals surface area contributed by atoms with Gasteiger partial charge in [0.2, 0.25) is 5.91 Å². The Morgan fingerprint density at radius 1 is 1.11 bits per heavy atom. The van der Waals surface area contributed by atoms with E-state index in [1.807, 2.05) is 74.5 Å². The zero-order chi connectivity index (χ0) is 20.1. The number of hydroxylamine groups is 1. The monoisotopic (exact) mass is 381 g/mol. The number of hydrogen-bond acceptors (Lipinski definition) is 4. The van der Waals surface area contributed by atoms with Crippen molar-refractivity contribution in [1.82, 2.24) is 15.3 Å². The summed E-state index contributed by atoms with van der Waals surface area (Å²) in [6.07, 6.45) is 0.171. The lowest BCUT2D eigenvalue weighted by Crippen LogP contribution is -2.40. The van der Waals surface area contributed by atoms with Crippen molar-refractivity contribution < 1.29 is 14.4 Å². The van der Waals surface area contributed by atoms with Crippen molar-refractivity contribution in [3.05, 3.63) is 71.8 Å². The fraction of sp³-hybridized carbons (Fsp3) is 0.364. The third-order valence-corrected chi connectivity index (χ3v) is 5.11. The first kappa shape index (κ1) is 20.0. The number of benzene rings is 2. The second-order valence-electron chi connectivity index (χ2n) is 7.25. The smallest absolute Gasteiger partial charge is 0.322 e. The van der Waals surface area contributed by atoms with Crippen molar-refractivity contribution in [1.29, 1.82) is 0 Å². The highest BCUT2D eigenvalue weighted by atomic mass is 16.6. The van der Waals surface area contributed by atoms with Crippen molar-refractivity contribution in [3.8, 4) is 0 Å². The fourth-order valence-corrected chi connectivity index (χ4v) is 3.47. The highest BCUT2D eigenvalue weighted by Gasteiger charge is 2.45. The molecule has 0 unspecified atom stereocenters. The van der Waals surface area contributed by atoms with E-state index in [1.54, 1.807) is 11.9 Å². The summed E-state index contributed by atoms with van der Waals surface area (Å²) < 4.78 is 0. The van der Waals surface area contributed by atoms with Crippen LogP contribution in [0, 0.1) is 0 Å². The van der Waals surface area contributed by atoms with Gasteiger partial charge in [0.1, 0.15) is 0 Å². The summed E-state index contributed by atoms with van der Waals surface area (Å²) in [5, 5.41) is 0. The first-order valence-corrected chi connectivity index (χ1v) is 9.54. The number of carbonyl (C=O) groups excluding carboxylic acids is 2. The molecule has 3 atom stereocenters. The summed E-state index contributed by atoms with van der Waals surface area (Å²) in [6, 6.07) is 18.6. The Bertz CT molecular complexity index is 797. The molecule has 0 aliphatic carbocycles. The highest BCUT2D eigenvalue weighted by molar-refractivity contribution is 5.97. The first-order valence-electron chi connectivity index (χ1n) is 9.54. The van der Waals surface area contributed by atoms with Crippen molar-refractivity contribution in [3.63, 3.8) is 0 Å². The third-order valence-electron chi connectivity index (χ3n) is 5.11. The maximum absolute atomic E-state index is 13.0. The SMILES string of the molecule is C[C@@H]1[C@H](c2ccccc2)N(C(=O)C[C@H](C)NOCc2ccccc2)C(=O)N1C. The standard InChI is InChI=1S/C22H27N3O3/c1-16(23-28-15-18-10-6-4-7-11-18)14-20(26)25-21(17(2)24(3)22(25)27)19-12-8-5-9-13-19/h4-13,16-17,21,23H,14-15H2,1-3H3/t16-,17+,21+/m0/s1. The van der Waals surface area contributed by atoms with E-state index in [1.165, 1.54) is 4.90 Å². The van der Waals surface area contributed by atoms with Gasteiger partial charge < -0.3 is 4.90 Å². The quantitative estimate of drug-likeness (QED) is 0.746. The second-order valence-corrected chi connectivity index (χ2v) is 7.25. The number of hydrogen-bond donors (Lipinski definition) is 1. The molecule has 2 aromatic rings.